The van der Waals surface area contributed by atoms with Gasteiger partial charge in [0.05, 0.1) is 11.7 Å². The maximum Gasteiger partial charge on any atom is 0.167 e. The summed E-state index contributed by atoms with van der Waals surface area (Å²) >= 11 is 0. The maximum atomic E-state index is 11.0. The van der Waals surface area contributed by atoms with Crippen LogP contribution in [0.4, 0.5) is 0 Å². The molecule has 0 bridgehead atoms. The normalized spacial score (nSPS) is 12.0. The van der Waals surface area contributed by atoms with Crippen molar-refractivity contribution in [1.82, 2.24) is 15.0 Å². The van der Waals surface area contributed by atoms with Crippen LogP contribution in [0.3, 0.4) is 0 Å². The van der Waals surface area contributed by atoms with Crippen molar-refractivity contribution in [3.63, 3.8) is 0 Å². The first-order valence-corrected chi connectivity index (χ1v) is 12.2. The molecule has 0 amide bonds. The monoisotopic (exact) mass is 483 g/mol. The number of aryl methyl sites for hydroxylation is 5. The summed E-state index contributed by atoms with van der Waals surface area (Å²) in [6.45, 7) is 12.1. The number of benzene rings is 3. The number of phenolic OH excluding ortho intramolecular Hbond substituents is 1. The summed E-state index contributed by atoms with van der Waals surface area (Å²) in [4.78, 5) is 14.4. The van der Waals surface area contributed by atoms with Crippen LogP contribution >= 0.6 is 0 Å². The molecule has 0 fully saturated rings. The summed E-state index contributed by atoms with van der Waals surface area (Å²) in [5, 5.41) is 20.8. The van der Waals surface area contributed by atoms with Gasteiger partial charge in [0.1, 0.15) is 18.1 Å². The van der Waals surface area contributed by atoms with Gasteiger partial charge in [-0.15, -0.1) is 0 Å². The number of ether oxygens (including phenoxy) is 1. The predicted octanol–water partition coefficient (Wildman–Crippen LogP) is 6.27. The molecule has 0 radical (unpaired) electrons. The zero-order chi connectivity index (χ0) is 26.0. The molecule has 0 aliphatic carbocycles. The molecule has 6 nitrogen and oxygen atoms in total. The number of aliphatic hydroxyl groups is 1. The van der Waals surface area contributed by atoms with Crippen LogP contribution in [0, 0.1) is 34.6 Å². The summed E-state index contributed by atoms with van der Waals surface area (Å²) in [6, 6.07) is 15.7. The smallest absolute Gasteiger partial charge is 0.167 e. The minimum atomic E-state index is -0.560. The van der Waals surface area contributed by atoms with Crippen molar-refractivity contribution in [2.75, 3.05) is 6.61 Å². The Labute approximate surface area is 212 Å². The van der Waals surface area contributed by atoms with Crippen molar-refractivity contribution in [3.8, 4) is 45.7 Å². The van der Waals surface area contributed by atoms with Gasteiger partial charge < -0.3 is 14.9 Å². The molecule has 0 saturated carbocycles. The van der Waals surface area contributed by atoms with Crippen LogP contribution in [-0.4, -0.2) is 37.9 Å². The highest BCUT2D eigenvalue weighted by molar-refractivity contribution is 5.73. The molecule has 0 aliphatic heterocycles. The van der Waals surface area contributed by atoms with Crippen molar-refractivity contribution < 1.29 is 14.9 Å². The molecule has 1 unspecified atom stereocenters. The molecule has 4 aromatic rings. The Bertz CT molecular complexity index is 1350. The molecule has 1 heterocycles. The summed E-state index contributed by atoms with van der Waals surface area (Å²) in [7, 11) is 0. The second kappa shape index (κ2) is 10.5. The third-order valence-electron chi connectivity index (χ3n) is 6.32. The van der Waals surface area contributed by atoms with Gasteiger partial charge in [-0.2, -0.15) is 0 Å². The number of nitrogens with zero attached hydrogens (tertiary/aromatic N) is 3. The molecule has 0 saturated heterocycles. The number of aliphatic hydroxyl groups excluding tert-OH is 1. The molecule has 36 heavy (non-hydrogen) atoms. The Kier molecular flexibility index (Phi) is 7.36. The van der Waals surface area contributed by atoms with Crippen LogP contribution in [0.2, 0.25) is 0 Å². The van der Waals surface area contributed by atoms with Gasteiger partial charge in [-0.1, -0.05) is 54.4 Å². The van der Waals surface area contributed by atoms with Crippen LogP contribution in [0.25, 0.3) is 34.2 Å². The topological polar surface area (TPSA) is 88.4 Å². The van der Waals surface area contributed by atoms with Crippen LogP contribution in [0.5, 0.6) is 11.5 Å². The SMILES string of the molecule is CCC(O)COc1cc(O)c(-c2nc(-c3ccc(C)cc3C)nc(-c3ccc(C)cc3C)n2)cc1C. The summed E-state index contributed by atoms with van der Waals surface area (Å²) in [6.07, 6.45) is 0.0338. The van der Waals surface area contributed by atoms with E-state index < -0.39 is 6.10 Å². The maximum absolute atomic E-state index is 11.0. The molecule has 4 rings (SSSR count). The van der Waals surface area contributed by atoms with E-state index >= 15 is 0 Å². The lowest BCUT2D eigenvalue weighted by atomic mass is 10.0. The first-order valence-electron chi connectivity index (χ1n) is 12.2. The summed E-state index contributed by atoms with van der Waals surface area (Å²) in [5.74, 6) is 2.01. The first kappa shape index (κ1) is 25.3. The fraction of sp³-hybridized carbons (Fsp3) is 0.300. The zero-order valence-corrected chi connectivity index (χ0v) is 21.8. The van der Waals surface area contributed by atoms with Gasteiger partial charge in [-0.3, -0.25) is 0 Å². The van der Waals surface area contributed by atoms with E-state index in [4.69, 9.17) is 19.7 Å². The van der Waals surface area contributed by atoms with Gasteiger partial charge in [-0.05, 0) is 63.8 Å². The average molecular weight is 484 g/mol. The Morgan fingerprint density at radius 1 is 0.694 bits per heavy atom. The number of hydrogen-bond acceptors (Lipinski definition) is 6. The van der Waals surface area contributed by atoms with Gasteiger partial charge in [0, 0.05) is 17.2 Å². The second-order valence-corrected chi connectivity index (χ2v) is 9.45. The number of rotatable bonds is 7. The predicted molar refractivity (Wildman–Crippen MR) is 143 cm³/mol. The second-order valence-electron chi connectivity index (χ2n) is 9.45. The van der Waals surface area contributed by atoms with Crippen LogP contribution in [0.15, 0.2) is 48.5 Å². The van der Waals surface area contributed by atoms with E-state index in [1.54, 1.807) is 6.07 Å². The fourth-order valence-electron chi connectivity index (χ4n) is 4.18. The zero-order valence-electron chi connectivity index (χ0n) is 21.8. The quantitative estimate of drug-likeness (QED) is 0.322. The van der Waals surface area contributed by atoms with E-state index in [9.17, 15) is 10.2 Å². The molecule has 6 heteroatoms. The minimum Gasteiger partial charge on any atom is -0.507 e. The molecule has 2 N–H and O–H groups in total. The van der Waals surface area contributed by atoms with Gasteiger partial charge in [-0.25, -0.2) is 15.0 Å². The van der Waals surface area contributed by atoms with E-state index in [1.807, 2.05) is 58.0 Å². The number of aromatic hydroxyl groups is 1. The van der Waals surface area contributed by atoms with E-state index in [2.05, 4.69) is 26.0 Å². The van der Waals surface area contributed by atoms with Crippen molar-refractivity contribution in [3.05, 3.63) is 76.3 Å². The first-order chi connectivity index (χ1) is 17.2. The van der Waals surface area contributed by atoms with E-state index in [-0.39, 0.29) is 12.4 Å². The average Bonchev–Trinajstić information content (AvgIpc) is 2.83. The van der Waals surface area contributed by atoms with Gasteiger partial charge in [0.2, 0.25) is 0 Å². The van der Waals surface area contributed by atoms with Crippen molar-refractivity contribution >= 4 is 0 Å². The van der Waals surface area contributed by atoms with E-state index in [0.29, 0.717) is 35.2 Å². The molecule has 186 valence electrons. The lowest BCUT2D eigenvalue weighted by Gasteiger charge is -2.15. The van der Waals surface area contributed by atoms with Gasteiger partial charge >= 0.3 is 0 Å². The Balaban J connectivity index is 1.87. The summed E-state index contributed by atoms with van der Waals surface area (Å²) < 4.78 is 5.74. The fourth-order valence-corrected chi connectivity index (χ4v) is 4.18. The lowest BCUT2D eigenvalue weighted by molar-refractivity contribution is 0.104. The molecule has 1 atom stereocenters. The van der Waals surface area contributed by atoms with Crippen molar-refractivity contribution in [2.45, 2.75) is 54.1 Å². The third kappa shape index (κ3) is 5.39. The minimum absolute atomic E-state index is 0.00550. The number of hydrogen-bond donors (Lipinski definition) is 2. The summed E-state index contributed by atoms with van der Waals surface area (Å²) in [5.41, 5.74) is 7.60. The van der Waals surface area contributed by atoms with Crippen LogP contribution < -0.4 is 4.74 Å². The highest BCUT2D eigenvalue weighted by Crippen LogP contribution is 2.36. The molecular formula is C30H33N3O3. The highest BCUT2D eigenvalue weighted by atomic mass is 16.5. The Hall–Kier alpha value is -3.77. The largest absolute Gasteiger partial charge is 0.507 e. The third-order valence-corrected chi connectivity index (χ3v) is 6.32. The highest BCUT2D eigenvalue weighted by Gasteiger charge is 2.18. The lowest BCUT2D eigenvalue weighted by Crippen LogP contribution is -2.16. The molecule has 0 spiro atoms. The van der Waals surface area contributed by atoms with Crippen molar-refractivity contribution in [1.29, 1.82) is 0 Å². The molecule has 3 aromatic carbocycles. The Morgan fingerprint density at radius 3 is 1.67 bits per heavy atom. The van der Waals surface area contributed by atoms with Crippen LogP contribution in [0.1, 0.15) is 41.2 Å². The van der Waals surface area contributed by atoms with Gasteiger partial charge in [0.25, 0.3) is 0 Å². The van der Waals surface area contributed by atoms with Crippen molar-refractivity contribution in [2.24, 2.45) is 0 Å². The molecule has 1 aromatic heterocycles. The Morgan fingerprint density at radius 2 is 1.19 bits per heavy atom. The standard InChI is InChI=1S/C30H33N3O3/c1-7-22(34)16-36-27-15-26(35)25(14-21(27)6)30-32-28(23-10-8-17(2)12-19(23)4)31-29(33-30)24-11-9-18(3)13-20(24)5/h8-15,22,34-35H,7,16H2,1-6H3. The van der Waals surface area contributed by atoms with E-state index in [1.165, 1.54) is 0 Å². The number of aromatic nitrogens is 3. The molecule has 0 aliphatic rings. The van der Waals surface area contributed by atoms with Gasteiger partial charge in [0.15, 0.2) is 17.5 Å². The number of phenols is 1. The van der Waals surface area contributed by atoms with Crippen LogP contribution in [-0.2, 0) is 0 Å². The van der Waals surface area contributed by atoms with E-state index in [0.717, 1.165) is 38.9 Å². The molecular weight excluding hydrogens is 450 g/mol.